The molecule has 0 radical (unpaired) electrons. The van der Waals surface area contributed by atoms with Crippen LogP contribution in [-0.4, -0.2) is 55.5 Å². The van der Waals surface area contributed by atoms with Gasteiger partial charge in [-0.25, -0.2) is 8.42 Å². The fourth-order valence-corrected chi connectivity index (χ4v) is 4.07. The minimum Gasteiger partial charge on any atom is -0.463 e. The standard InChI is InChI=1S/C15H18N2O4S/c1-11-9-16(7-8-17(11)22(2,19)20)15(18)13-10-21-14-6-4-3-5-12(13)14/h3-6,10-11H,7-9H2,1-2H3/t11-/m0/s1. The van der Waals surface area contributed by atoms with Gasteiger partial charge in [0.2, 0.25) is 10.0 Å². The van der Waals surface area contributed by atoms with E-state index in [-0.39, 0.29) is 11.9 Å². The van der Waals surface area contributed by atoms with E-state index in [1.54, 1.807) is 4.90 Å². The fourth-order valence-electron chi connectivity index (χ4n) is 2.93. The van der Waals surface area contributed by atoms with E-state index in [4.69, 9.17) is 4.42 Å². The lowest BCUT2D eigenvalue weighted by Gasteiger charge is -2.38. The maximum atomic E-state index is 12.7. The summed E-state index contributed by atoms with van der Waals surface area (Å²) in [6.07, 6.45) is 2.67. The molecular formula is C15H18N2O4S. The summed E-state index contributed by atoms with van der Waals surface area (Å²) in [5, 5.41) is 0.783. The predicted octanol–water partition coefficient (Wildman–Crippen LogP) is 1.54. The van der Waals surface area contributed by atoms with Crippen LogP contribution in [0.3, 0.4) is 0 Å². The maximum absolute atomic E-state index is 12.7. The Morgan fingerprint density at radius 3 is 2.68 bits per heavy atom. The van der Waals surface area contributed by atoms with Crippen molar-refractivity contribution in [3.63, 3.8) is 0 Å². The van der Waals surface area contributed by atoms with Crippen molar-refractivity contribution < 1.29 is 17.6 Å². The number of hydrogen-bond acceptors (Lipinski definition) is 4. The van der Waals surface area contributed by atoms with E-state index in [9.17, 15) is 13.2 Å². The number of sulfonamides is 1. The monoisotopic (exact) mass is 322 g/mol. The SMILES string of the molecule is C[C@H]1CN(C(=O)c2coc3ccccc23)CCN1S(C)(=O)=O. The Morgan fingerprint density at radius 2 is 2.00 bits per heavy atom. The second-order valence-electron chi connectivity index (χ2n) is 5.62. The van der Waals surface area contributed by atoms with Gasteiger partial charge in [-0.2, -0.15) is 4.31 Å². The third-order valence-electron chi connectivity index (χ3n) is 3.99. The zero-order chi connectivity index (χ0) is 15.9. The Kier molecular flexibility index (Phi) is 3.70. The molecule has 2 heterocycles. The lowest BCUT2D eigenvalue weighted by Crippen LogP contribution is -2.55. The zero-order valence-corrected chi connectivity index (χ0v) is 13.3. The molecule has 0 spiro atoms. The van der Waals surface area contributed by atoms with Gasteiger partial charge >= 0.3 is 0 Å². The van der Waals surface area contributed by atoms with E-state index in [0.29, 0.717) is 30.8 Å². The molecule has 118 valence electrons. The molecule has 2 aromatic rings. The molecule has 1 fully saturated rings. The number of nitrogens with zero attached hydrogens (tertiary/aromatic N) is 2. The van der Waals surface area contributed by atoms with Gasteiger partial charge in [0.15, 0.2) is 0 Å². The molecule has 1 aliphatic rings. The summed E-state index contributed by atoms with van der Waals surface area (Å²) in [7, 11) is -3.24. The van der Waals surface area contributed by atoms with Gasteiger partial charge in [-0.1, -0.05) is 18.2 Å². The van der Waals surface area contributed by atoms with Crippen molar-refractivity contribution in [3.05, 3.63) is 36.1 Å². The minimum atomic E-state index is -3.24. The zero-order valence-electron chi connectivity index (χ0n) is 12.5. The summed E-state index contributed by atoms with van der Waals surface area (Å²) in [5.74, 6) is -0.120. The Morgan fingerprint density at radius 1 is 1.27 bits per heavy atom. The Labute approximate surface area is 129 Å². The summed E-state index contributed by atoms with van der Waals surface area (Å²) in [6, 6.07) is 7.15. The van der Waals surface area contributed by atoms with E-state index in [2.05, 4.69) is 0 Å². The first-order chi connectivity index (χ1) is 10.4. The van der Waals surface area contributed by atoms with Crippen molar-refractivity contribution in [2.45, 2.75) is 13.0 Å². The molecule has 0 bridgehead atoms. The van der Waals surface area contributed by atoms with Crippen molar-refractivity contribution in [2.24, 2.45) is 0 Å². The molecule has 1 amide bonds. The molecule has 0 saturated carbocycles. The van der Waals surface area contributed by atoms with Gasteiger partial charge in [-0.05, 0) is 13.0 Å². The summed E-state index contributed by atoms with van der Waals surface area (Å²) in [6.45, 7) is 2.90. The van der Waals surface area contributed by atoms with Crippen molar-refractivity contribution in [1.82, 2.24) is 9.21 Å². The fraction of sp³-hybridized carbons (Fsp3) is 0.400. The van der Waals surface area contributed by atoms with Gasteiger partial charge in [0, 0.05) is 31.1 Å². The number of piperazine rings is 1. The molecular weight excluding hydrogens is 304 g/mol. The van der Waals surface area contributed by atoms with E-state index in [1.807, 2.05) is 31.2 Å². The highest BCUT2D eigenvalue weighted by atomic mass is 32.2. The highest BCUT2D eigenvalue weighted by Crippen LogP contribution is 2.23. The average molecular weight is 322 g/mol. The summed E-state index contributed by atoms with van der Waals surface area (Å²) < 4.78 is 30.2. The quantitative estimate of drug-likeness (QED) is 0.841. The summed E-state index contributed by atoms with van der Waals surface area (Å²) >= 11 is 0. The average Bonchev–Trinajstić information content (AvgIpc) is 2.89. The first-order valence-corrected chi connectivity index (χ1v) is 8.95. The summed E-state index contributed by atoms with van der Waals surface area (Å²) in [4.78, 5) is 14.4. The predicted molar refractivity (Wildman–Crippen MR) is 83.1 cm³/mol. The van der Waals surface area contributed by atoms with Crippen LogP contribution in [0.2, 0.25) is 0 Å². The molecule has 1 aliphatic heterocycles. The van der Waals surface area contributed by atoms with E-state index in [1.165, 1.54) is 16.8 Å². The van der Waals surface area contributed by atoms with Gasteiger partial charge in [-0.15, -0.1) is 0 Å². The minimum absolute atomic E-state index is 0.120. The molecule has 1 aromatic carbocycles. The van der Waals surface area contributed by atoms with Crippen LogP contribution in [0.1, 0.15) is 17.3 Å². The first kappa shape index (κ1) is 15.1. The van der Waals surface area contributed by atoms with E-state index in [0.717, 1.165) is 5.39 Å². The molecule has 1 saturated heterocycles. The third-order valence-corrected chi connectivity index (χ3v) is 5.39. The smallest absolute Gasteiger partial charge is 0.257 e. The lowest BCUT2D eigenvalue weighted by molar-refractivity contribution is 0.0644. The van der Waals surface area contributed by atoms with Crippen LogP contribution < -0.4 is 0 Å². The number of carbonyl (C=O) groups is 1. The van der Waals surface area contributed by atoms with Gasteiger partial charge in [-0.3, -0.25) is 4.79 Å². The van der Waals surface area contributed by atoms with Crippen LogP contribution in [-0.2, 0) is 10.0 Å². The van der Waals surface area contributed by atoms with Crippen LogP contribution in [0.25, 0.3) is 11.0 Å². The largest absolute Gasteiger partial charge is 0.463 e. The Hall–Kier alpha value is -1.86. The van der Waals surface area contributed by atoms with Gasteiger partial charge in [0.25, 0.3) is 5.91 Å². The maximum Gasteiger partial charge on any atom is 0.257 e. The highest BCUT2D eigenvalue weighted by molar-refractivity contribution is 7.88. The summed E-state index contributed by atoms with van der Waals surface area (Å²) in [5.41, 5.74) is 1.20. The molecule has 3 rings (SSSR count). The number of para-hydroxylation sites is 1. The van der Waals surface area contributed by atoms with Crippen LogP contribution in [0.5, 0.6) is 0 Å². The van der Waals surface area contributed by atoms with Crippen molar-refractivity contribution in [3.8, 4) is 0 Å². The second kappa shape index (κ2) is 5.40. The number of rotatable bonds is 2. The normalized spacial score (nSPS) is 20.5. The van der Waals surface area contributed by atoms with Gasteiger partial charge in [0.05, 0.1) is 11.8 Å². The van der Waals surface area contributed by atoms with Gasteiger partial charge in [0.1, 0.15) is 11.8 Å². The highest BCUT2D eigenvalue weighted by Gasteiger charge is 2.32. The Balaban J connectivity index is 1.83. The number of hydrogen-bond donors (Lipinski definition) is 0. The van der Waals surface area contributed by atoms with Crippen molar-refractivity contribution >= 4 is 26.9 Å². The molecule has 6 nitrogen and oxygen atoms in total. The van der Waals surface area contributed by atoms with E-state index >= 15 is 0 Å². The van der Waals surface area contributed by atoms with Crippen LogP contribution in [0.15, 0.2) is 34.9 Å². The molecule has 22 heavy (non-hydrogen) atoms. The number of fused-ring (bicyclic) bond motifs is 1. The third kappa shape index (κ3) is 2.62. The molecule has 0 unspecified atom stereocenters. The molecule has 7 heteroatoms. The van der Waals surface area contributed by atoms with Gasteiger partial charge < -0.3 is 9.32 Å². The van der Waals surface area contributed by atoms with Crippen LogP contribution in [0, 0.1) is 0 Å². The molecule has 1 aromatic heterocycles. The molecule has 1 atom stereocenters. The lowest BCUT2D eigenvalue weighted by atomic mass is 10.1. The topological polar surface area (TPSA) is 70.8 Å². The first-order valence-electron chi connectivity index (χ1n) is 7.10. The van der Waals surface area contributed by atoms with Crippen molar-refractivity contribution in [1.29, 1.82) is 0 Å². The number of carbonyl (C=O) groups excluding carboxylic acids is 1. The molecule has 0 N–H and O–H groups in total. The molecule has 0 aliphatic carbocycles. The number of amides is 1. The Bertz CT molecular complexity index is 812. The number of furan rings is 1. The van der Waals surface area contributed by atoms with Crippen molar-refractivity contribution in [2.75, 3.05) is 25.9 Å². The van der Waals surface area contributed by atoms with E-state index < -0.39 is 10.0 Å². The van der Waals surface area contributed by atoms with Crippen LogP contribution in [0.4, 0.5) is 0 Å². The second-order valence-corrected chi connectivity index (χ2v) is 7.55. The number of benzene rings is 1. The van der Waals surface area contributed by atoms with Crippen LogP contribution >= 0.6 is 0 Å².